The summed E-state index contributed by atoms with van der Waals surface area (Å²) in [7, 11) is 1.61. The summed E-state index contributed by atoms with van der Waals surface area (Å²) in [6.45, 7) is 3.80. The van der Waals surface area contributed by atoms with E-state index in [2.05, 4.69) is 9.97 Å². The fourth-order valence-electron chi connectivity index (χ4n) is 2.21. The number of H-pyrrole nitrogens is 1. The highest BCUT2D eigenvalue weighted by atomic mass is 16.5. The molecule has 0 fully saturated rings. The predicted molar refractivity (Wildman–Crippen MR) is 74.3 cm³/mol. The van der Waals surface area contributed by atoms with Gasteiger partial charge in [-0.1, -0.05) is 37.3 Å². The minimum Gasteiger partial charge on any atom is -0.369 e. The molecular formula is C15H18N2O2. The Bertz CT molecular complexity index is 605. The molecule has 1 aromatic heterocycles. The first-order chi connectivity index (χ1) is 9.17. The van der Waals surface area contributed by atoms with Gasteiger partial charge in [0.15, 0.2) is 0 Å². The van der Waals surface area contributed by atoms with Gasteiger partial charge in [-0.05, 0) is 18.9 Å². The van der Waals surface area contributed by atoms with Crippen molar-refractivity contribution in [2.45, 2.75) is 26.4 Å². The third kappa shape index (κ3) is 2.74. The molecule has 0 amide bonds. The first-order valence-corrected chi connectivity index (χ1v) is 6.34. The summed E-state index contributed by atoms with van der Waals surface area (Å²) < 4.78 is 5.47. The lowest BCUT2D eigenvalue weighted by molar-refractivity contribution is 0.128. The Morgan fingerprint density at radius 3 is 2.53 bits per heavy atom. The molecule has 0 aliphatic carbocycles. The van der Waals surface area contributed by atoms with Gasteiger partial charge in [-0.25, -0.2) is 4.98 Å². The van der Waals surface area contributed by atoms with E-state index in [9.17, 15) is 4.79 Å². The van der Waals surface area contributed by atoms with Crippen molar-refractivity contribution >= 4 is 0 Å². The Labute approximate surface area is 112 Å². The van der Waals surface area contributed by atoms with E-state index in [0.717, 1.165) is 16.8 Å². The summed E-state index contributed by atoms with van der Waals surface area (Å²) in [5, 5.41) is 0. The Morgan fingerprint density at radius 2 is 2.00 bits per heavy atom. The second-order valence-electron chi connectivity index (χ2n) is 4.40. The summed E-state index contributed by atoms with van der Waals surface area (Å²) in [6.07, 6.45) is 0.329. The molecule has 4 nitrogen and oxygen atoms in total. The zero-order chi connectivity index (χ0) is 13.8. The van der Waals surface area contributed by atoms with Crippen molar-refractivity contribution in [1.82, 2.24) is 9.97 Å². The van der Waals surface area contributed by atoms with Gasteiger partial charge in [0.1, 0.15) is 11.9 Å². The molecule has 1 unspecified atom stereocenters. The topological polar surface area (TPSA) is 55.0 Å². The highest BCUT2D eigenvalue weighted by Crippen LogP contribution is 2.21. The average Bonchev–Trinajstić information content (AvgIpc) is 2.40. The zero-order valence-electron chi connectivity index (χ0n) is 11.4. The number of nitrogens with zero attached hydrogens (tertiary/aromatic N) is 1. The van der Waals surface area contributed by atoms with Crippen LogP contribution in [0.4, 0.5) is 0 Å². The van der Waals surface area contributed by atoms with Crippen molar-refractivity contribution in [2.75, 3.05) is 7.11 Å². The molecule has 2 rings (SSSR count). The van der Waals surface area contributed by atoms with E-state index in [1.54, 1.807) is 7.11 Å². The number of benzene rings is 1. The first-order valence-electron chi connectivity index (χ1n) is 6.34. The van der Waals surface area contributed by atoms with Gasteiger partial charge in [-0.15, -0.1) is 0 Å². The van der Waals surface area contributed by atoms with Crippen LogP contribution in [0.5, 0.6) is 0 Å². The van der Waals surface area contributed by atoms with E-state index in [0.29, 0.717) is 12.2 Å². The fraction of sp³-hybridized carbons (Fsp3) is 0.333. The Kier molecular flexibility index (Phi) is 4.12. The normalized spacial score (nSPS) is 12.4. The van der Waals surface area contributed by atoms with Gasteiger partial charge in [0.2, 0.25) is 0 Å². The van der Waals surface area contributed by atoms with Crippen molar-refractivity contribution in [3.8, 4) is 0 Å². The van der Waals surface area contributed by atoms with Crippen LogP contribution in [0.15, 0.2) is 35.1 Å². The average molecular weight is 258 g/mol. The van der Waals surface area contributed by atoms with E-state index >= 15 is 0 Å². The molecule has 1 atom stereocenters. The van der Waals surface area contributed by atoms with Crippen LogP contribution in [0, 0.1) is 6.92 Å². The van der Waals surface area contributed by atoms with Crippen LogP contribution >= 0.6 is 0 Å². The number of aromatic amines is 1. The fourth-order valence-corrected chi connectivity index (χ4v) is 2.21. The lowest BCUT2D eigenvalue weighted by atomic mass is 10.1. The lowest BCUT2D eigenvalue weighted by Gasteiger charge is -2.16. The van der Waals surface area contributed by atoms with E-state index in [1.807, 2.05) is 44.2 Å². The van der Waals surface area contributed by atoms with Crippen molar-refractivity contribution in [3.05, 3.63) is 63.3 Å². The molecule has 0 aliphatic heterocycles. The second kappa shape index (κ2) is 5.80. The van der Waals surface area contributed by atoms with Crippen LogP contribution in [0.25, 0.3) is 0 Å². The predicted octanol–water partition coefficient (Wildman–Crippen LogP) is 2.38. The summed E-state index contributed by atoms with van der Waals surface area (Å²) in [4.78, 5) is 19.3. The van der Waals surface area contributed by atoms with Gasteiger partial charge in [0.05, 0.1) is 0 Å². The number of hydrogen-bond acceptors (Lipinski definition) is 3. The molecule has 1 N–H and O–H groups in total. The number of hydrogen-bond donors (Lipinski definition) is 1. The molecule has 2 aromatic rings. The minimum atomic E-state index is -0.349. The van der Waals surface area contributed by atoms with Crippen LogP contribution in [0.1, 0.15) is 35.7 Å². The number of aryl methyl sites for hydroxylation is 1. The molecule has 0 saturated carbocycles. The van der Waals surface area contributed by atoms with E-state index in [-0.39, 0.29) is 11.7 Å². The molecule has 19 heavy (non-hydrogen) atoms. The third-order valence-corrected chi connectivity index (χ3v) is 3.18. The molecule has 0 aliphatic rings. The van der Waals surface area contributed by atoms with Gasteiger partial charge >= 0.3 is 0 Å². The van der Waals surface area contributed by atoms with Gasteiger partial charge < -0.3 is 9.72 Å². The third-order valence-electron chi connectivity index (χ3n) is 3.18. The quantitative estimate of drug-likeness (QED) is 0.916. The summed E-state index contributed by atoms with van der Waals surface area (Å²) in [5.41, 5.74) is 2.38. The maximum absolute atomic E-state index is 12.0. The molecule has 1 heterocycles. The lowest BCUT2D eigenvalue weighted by Crippen LogP contribution is -2.21. The maximum Gasteiger partial charge on any atom is 0.254 e. The second-order valence-corrected chi connectivity index (χ2v) is 4.40. The Balaban J connectivity index is 2.48. The molecular weight excluding hydrogens is 240 g/mol. The molecule has 1 aromatic carbocycles. The van der Waals surface area contributed by atoms with Crippen molar-refractivity contribution in [1.29, 1.82) is 0 Å². The summed E-state index contributed by atoms with van der Waals surface area (Å²) in [5.74, 6) is 0.549. The Morgan fingerprint density at radius 1 is 1.32 bits per heavy atom. The molecule has 0 spiro atoms. The van der Waals surface area contributed by atoms with Crippen molar-refractivity contribution < 1.29 is 4.74 Å². The number of rotatable bonds is 4. The van der Waals surface area contributed by atoms with Crippen LogP contribution in [-0.4, -0.2) is 17.1 Å². The van der Waals surface area contributed by atoms with Crippen LogP contribution in [0.2, 0.25) is 0 Å². The minimum absolute atomic E-state index is 0.0806. The highest BCUT2D eigenvalue weighted by molar-refractivity contribution is 5.25. The first kappa shape index (κ1) is 13.5. The van der Waals surface area contributed by atoms with Gasteiger partial charge in [0.25, 0.3) is 5.56 Å². The van der Waals surface area contributed by atoms with E-state index < -0.39 is 0 Å². The van der Waals surface area contributed by atoms with Gasteiger partial charge in [-0.2, -0.15) is 0 Å². The van der Waals surface area contributed by atoms with Crippen molar-refractivity contribution in [2.24, 2.45) is 0 Å². The highest BCUT2D eigenvalue weighted by Gasteiger charge is 2.17. The molecule has 100 valence electrons. The number of aromatic nitrogens is 2. The SMILES string of the molecule is CCc1c(C)nc(C(OC)c2ccccc2)[nH]c1=O. The Hall–Kier alpha value is -1.94. The maximum atomic E-state index is 12.0. The van der Waals surface area contributed by atoms with Crippen LogP contribution in [0.3, 0.4) is 0 Å². The standard InChI is InChI=1S/C15H18N2O2/c1-4-12-10(2)16-14(17-15(12)18)13(19-3)11-8-6-5-7-9-11/h5-9,13H,4H2,1-3H3,(H,16,17,18). The van der Waals surface area contributed by atoms with Gasteiger partial charge in [0, 0.05) is 18.4 Å². The molecule has 0 radical (unpaired) electrons. The van der Waals surface area contributed by atoms with Crippen molar-refractivity contribution in [3.63, 3.8) is 0 Å². The molecule has 0 saturated heterocycles. The van der Waals surface area contributed by atoms with Gasteiger partial charge in [-0.3, -0.25) is 4.79 Å². The summed E-state index contributed by atoms with van der Waals surface area (Å²) in [6, 6.07) is 9.73. The van der Waals surface area contributed by atoms with Crippen LogP contribution < -0.4 is 5.56 Å². The smallest absolute Gasteiger partial charge is 0.254 e. The summed E-state index contributed by atoms with van der Waals surface area (Å²) >= 11 is 0. The van der Waals surface area contributed by atoms with Crippen LogP contribution in [-0.2, 0) is 11.2 Å². The zero-order valence-corrected chi connectivity index (χ0v) is 11.4. The van der Waals surface area contributed by atoms with E-state index in [1.165, 1.54) is 0 Å². The monoisotopic (exact) mass is 258 g/mol. The number of nitrogens with one attached hydrogen (secondary N) is 1. The van der Waals surface area contributed by atoms with E-state index in [4.69, 9.17) is 4.74 Å². The number of ether oxygens (including phenoxy) is 1. The molecule has 4 heteroatoms. The molecule has 0 bridgehead atoms. The number of methoxy groups -OCH3 is 1. The largest absolute Gasteiger partial charge is 0.369 e.